The quantitative estimate of drug-likeness (QED) is 0.929. The van der Waals surface area contributed by atoms with Gasteiger partial charge in [-0.3, -0.25) is 9.59 Å². The molecule has 1 saturated carbocycles. The van der Waals surface area contributed by atoms with Crippen LogP contribution in [0.5, 0.6) is 0 Å². The van der Waals surface area contributed by atoms with Gasteiger partial charge in [-0.1, -0.05) is 6.07 Å². The van der Waals surface area contributed by atoms with Gasteiger partial charge in [0.05, 0.1) is 6.54 Å². The van der Waals surface area contributed by atoms with Crippen LogP contribution in [-0.4, -0.2) is 21.8 Å². The largest absolute Gasteiger partial charge is 0.330 e. The molecule has 1 fully saturated rings. The van der Waals surface area contributed by atoms with E-state index in [9.17, 15) is 9.59 Å². The van der Waals surface area contributed by atoms with Crippen LogP contribution in [0, 0.1) is 0 Å². The average molecular weight is 274 g/mol. The molecule has 4 nitrogen and oxygen atoms in total. The van der Waals surface area contributed by atoms with E-state index in [4.69, 9.17) is 0 Å². The van der Waals surface area contributed by atoms with Gasteiger partial charge in [-0.05, 0) is 36.4 Å². The summed E-state index contributed by atoms with van der Waals surface area (Å²) < 4.78 is 0. The Morgan fingerprint density at radius 2 is 2.21 bits per heavy atom. The third-order valence-corrected chi connectivity index (χ3v) is 4.06. The number of amides is 1. The van der Waals surface area contributed by atoms with Crippen molar-refractivity contribution in [2.45, 2.75) is 25.4 Å². The van der Waals surface area contributed by atoms with E-state index >= 15 is 0 Å². The second kappa shape index (κ2) is 5.01. The highest BCUT2D eigenvalue weighted by atomic mass is 32.1. The number of hydrogen-bond acceptors (Lipinski definition) is 3. The smallest absolute Gasteiger partial charge is 0.260 e. The van der Waals surface area contributed by atoms with Gasteiger partial charge in [0.15, 0.2) is 0 Å². The molecular formula is C14H14N2O2S. The van der Waals surface area contributed by atoms with Gasteiger partial charge >= 0.3 is 0 Å². The summed E-state index contributed by atoms with van der Waals surface area (Å²) in [5, 5.41) is 2.00. The van der Waals surface area contributed by atoms with E-state index in [1.807, 2.05) is 22.4 Å². The Hall–Kier alpha value is -1.88. The van der Waals surface area contributed by atoms with Gasteiger partial charge in [-0.2, -0.15) is 0 Å². The van der Waals surface area contributed by atoms with Crippen molar-refractivity contribution in [2.75, 3.05) is 0 Å². The summed E-state index contributed by atoms with van der Waals surface area (Å²) in [6.07, 6.45) is 3.60. The second-order valence-corrected chi connectivity index (χ2v) is 5.69. The van der Waals surface area contributed by atoms with Crippen molar-refractivity contribution >= 4 is 17.2 Å². The Balaban J connectivity index is 1.86. The van der Waals surface area contributed by atoms with E-state index in [1.165, 1.54) is 0 Å². The lowest BCUT2D eigenvalue weighted by atomic mass is 10.2. The minimum Gasteiger partial charge on any atom is -0.330 e. The molecule has 2 aromatic rings. The molecule has 0 radical (unpaired) electrons. The number of nitrogens with one attached hydrogen (secondary N) is 1. The van der Waals surface area contributed by atoms with Gasteiger partial charge in [0.25, 0.3) is 11.5 Å². The number of hydrogen-bond donors (Lipinski definition) is 1. The van der Waals surface area contributed by atoms with Crippen molar-refractivity contribution in [1.29, 1.82) is 0 Å². The number of H-pyrrole nitrogens is 1. The molecule has 0 unspecified atom stereocenters. The van der Waals surface area contributed by atoms with Crippen LogP contribution in [-0.2, 0) is 6.54 Å². The lowest BCUT2D eigenvalue weighted by Gasteiger charge is -2.21. The number of pyridine rings is 1. The molecule has 0 aliphatic heterocycles. The molecule has 0 aromatic carbocycles. The van der Waals surface area contributed by atoms with Crippen LogP contribution in [0.3, 0.4) is 0 Å². The zero-order chi connectivity index (χ0) is 13.2. The minimum absolute atomic E-state index is 0.169. The van der Waals surface area contributed by atoms with Crippen molar-refractivity contribution in [2.24, 2.45) is 0 Å². The van der Waals surface area contributed by atoms with E-state index in [1.54, 1.807) is 29.7 Å². The number of carbonyl (C=O) groups excluding carboxylic acids is 1. The number of aromatic nitrogens is 1. The van der Waals surface area contributed by atoms with Crippen molar-refractivity contribution in [3.8, 4) is 0 Å². The van der Waals surface area contributed by atoms with Crippen LogP contribution in [0.4, 0.5) is 0 Å². The molecule has 2 heterocycles. The molecule has 3 rings (SSSR count). The SMILES string of the molecule is O=C(c1ccc[nH]c1=O)N(Cc1cccs1)C1CC1. The summed E-state index contributed by atoms with van der Waals surface area (Å²) >= 11 is 1.63. The number of rotatable bonds is 4. The van der Waals surface area contributed by atoms with E-state index in [-0.39, 0.29) is 23.1 Å². The zero-order valence-corrected chi connectivity index (χ0v) is 11.2. The maximum atomic E-state index is 12.5. The maximum Gasteiger partial charge on any atom is 0.260 e. The standard InChI is InChI=1S/C14H14N2O2S/c17-13-12(4-1-7-15-13)14(18)16(10-5-6-10)9-11-3-2-8-19-11/h1-4,7-8,10H,5-6,9H2,(H,15,17). The Morgan fingerprint density at radius 3 is 2.84 bits per heavy atom. The van der Waals surface area contributed by atoms with Crippen LogP contribution >= 0.6 is 11.3 Å². The molecule has 0 bridgehead atoms. The third kappa shape index (κ3) is 2.61. The first-order valence-electron chi connectivity index (χ1n) is 6.27. The Kier molecular flexibility index (Phi) is 3.21. The third-order valence-electron chi connectivity index (χ3n) is 3.20. The van der Waals surface area contributed by atoms with Gasteiger partial charge in [-0.25, -0.2) is 0 Å². The number of carbonyl (C=O) groups is 1. The predicted octanol–water partition coefficient (Wildman–Crippen LogP) is 2.24. The fourth-order valence-electron chi connectivity index (χ4n) is 2.07. The van der Waals surface area contributed by atoms with Crippen LogP contribution in [0.2, 0.25) is 0 Å². The molecule has 0 saturated heterocycles. The van der Waals surface area contributed by atoms with Crippen LogP contribution in [0.15, 0.2) is 40.6 Å². The zero-order valence-electron chi connectivity index (χ0n) is 10.3. The van der Waals surface area contributed by atoms with Crippen LogP contribution < -0.4 is 5.56 Å². The van der Waals surface area contributed by atoms with Crippen molar-refractivity contribution in [3.63, 3.8) is 0 Å². The summed E-state index contributed by atoms with van der Waals surface area (Å²) in [6.45, 7) is 0.593. The summed E-state index contributed by atoms with van der Waals surface area (Å²) in [5.41, 5.74) is -0.0877. The topological polar surface area (TPSA) is 53.2 Å². The molecule has 19 heavy (non-hydrogen) atoms. The molecule has 98 valence electrons. The summed E-state index contributed by atoms with van der Waals surface area (Å²) in [6, 6.07) is 7.55. The highest BCUT2D eigenvalue weighted by Crippen LogP contribution is 2.30. The Bertz CT molecular complexity index is 629. The second-order valence-electron chi connectivity index (χ2n) is 4.66. The van der Waals surface area contributed by atoms with Crippen molar-refractivity contribution in [1.82, 2.24) is 9.88 Å². The Morgan fingerprint density at radius 1 is 1.37 bits per heavy atom. The predicted molar refractivity (Wildman–Crippen MR) is 74.3 cm³/mol. The summed E-state index contributed by atoms with van der Waals surface area (Å²) in [4.78, 5) is 29.7. The summed E-state index contributed by atoms with van der Waals surface area (Å²) in [5.74, 6) is -0.169. The molecule has 1 N–H and O–H groups in total. The molecular weight excluding hydrogens is 260 g/mol. The van der Waals surface area contributed by atoms with Gasteiger partial charge in [0, 0.05) is 17.1 Å². The first kappa shape index (κ1) is 12.2. The molecule has 0 spiro atoms. The minimum atomic E-state index is -0.315. The molecule has 1 aliphatic rings. The average Bonchev–Trinajstić information content (AvgIpc) is 3.13. The maximum absolute atomic E-state index is 12.5. The molecule has 1 aliphatic carbocycles. The van der Waals surface area contributed by atoms with E-state index in [2.05, 4.69) is 4.98 Å². The monoisotopic (exact) mass is 274 g/mol. The molecule has 1 amide bonds. The van der Waals surface area contributed by atoms with Gasteiger partial charge in [0.2, 0.25) is 0 Å². The van der Waals surface area contributed by atoms with Gasteiger partial charge in [0.1, 0.15) is 5.56 Å². The van der Waals surface area contributed by atoms with E-state index in [0.29, 0.717) is 6.54 Å². The lowest BCUT2D eigenvalue weighted by Crippen LogP contribution is -2.35. The Labute approximate surface area is 114 Å². The van der Waals surface area contributed by atoms with Gasteiger partial charge < -0.3 is 9.88 Å². The van der Waals surface area contributed by atoms with Crippen molar-refractivity contribution < 1.29 is 4.79 Å². The van der Waals surface area contributed by atoms with Crippen LogP contribution in [0.1, 0.15) is 28.1 Å². The first-order chi connectivity index (χ1) is 9.25. The van der Waals surface area contributed by atoms with Crippen molar-refractivity contribution in [3.05, 3.63) is 56.6 Å². The van der Waals surface area contributed by atoms with E-state index < -0.39 is 0 Å². The summed E-state index contributed by atoms with van der Waals surface area (Å²) in [7, 11) is 0. The fourth-order valence-corrected chi connectivity index (χ4v) is 2.77. The van der Waals surface area contributed by atoms with Gasteiger partial charge in [-0.15, -0.1) is 11.3 Å². The first-order valence-corrected chi connectivity index (χ1v) is 7.15. The lowest BCUT2D eigenvalue weighted by molar-refractivity contribution is 0.0730. The number of thiophene rings is 1. The molecule has 2 aromatic heterocycles. The highest BCUT2D eigenvalue weighted by molar-refractivity contribution is 7.09. The normalized spacial score (nSPS) is 14.3. The fraction of sp³-hybridized carbons (Fsp3) is 0.286. The molecule has 5 heteroatoms. The number of aromatic amines is 1. The molecule has 0 atom stereocenters. The number of nitrogens with zero attached hydrogens (tertiary/aromatic N) is 1. The van der Waals surface area contributed by atoms with Crippen LogP contribution in [0.25, 0.3) is 0 Å². The highest BCUT2D eigenvalue weighted by Gasteiger charge is 2.34. The van der Waals surface area contributed by atoms with E-state index in [0.717, 1.165) is 17.7 Å².